The van der Waals surface area contributed by atoms with Gasteiger partial charge in [-0.1, -0.05) is 199 Å². The van der Waals surface area contributed by atoms with E-state index in [9.17, 15) is 44.6 Å². The van der Waals surface area contributed by atoms with Gasteiger partial charge in [0.25, 0.3) is 0 Å². The van der Waals surface area contributed by atoms with Gasteiger partial charge in [-0.05, 0) is 38.5 Å². The first-order chi connectivity index (χ1) is 30.9. The fourth-order valence-electron chi connectivity index (χ4n) is 7.92. The Morgan fingerprint density at radius 2 is 0.859 bits per heavy atom. The molecule has 1 fully saturated rings. The molecule has 1 saturated carbocycles. The molecule has 6 N–H and O–H groups in total. The van der Waals surface area contributed by atoms with Gasteiger partial charge in [-0.3, -0.25) is 18.6 Å². The third kappa shape index (κ3) is 32.1. The molecule has 1 aliphatic rings. The van der Waals surface area contributed by atoms with Crippen LogP contribution in [0.3, 0.4) is 0 Å². The van der Waals surface area contributed by atoms with Gasteiger partial charge in [-0.2, -0.15) is 0 Å². The van der Waals surface area contributed by atoms with E-state index in [0.717, 1.165) is 38.5 Å². The van der Waals surface area contributed by atoms with Crippen molar-refractivity contribution in [3.8, 4) is 0 Å². The predicted octanol–water partition coefficient (Wildman–Crippen LogP) is 10.8. The minimum Gasteiger partial charge on any atom is -0.462 e. The summed E-state index contributed by atoms with van der Waals surface area (Å²) in [6, 6.07) is 0. The smallest absolute Gasteiger partial charge is 0.462 e. The molecule has 14 heteroatoms. The maximum atomic E-state index is 12.8. The Bertz CT molecular complexity index is 1220. The van der Waals surface area contributed by atoms with Crippen LogP contribution < -0.4 is 0 Å². The first-order valence-corrected chi connectivity index (χ1v) is 27.1. The molecule has 0 bridgehead atoms. The Hall–Kier alpha value is -1.67. The van der Waals surface area contributed by atoms with Crippen LogP contribution in [0.4, 0.5) is 0 Å². The summed E-state index contributed by atoms with van der Waals surface area (Å²) in [6.45, 7) is 3.30. The third-order valence-corrected chi connectivity index (χ3v) is 13.0. The Kier molecular flexibility index (Phi) is 38.1. The molecule has 0 saturated heterocycles. The van der Waals surface area contributed by atoms with Crippen molar-refractivity contribution < 1.29 is 63.1 Å². The Labute approximate surface area is 387 Å². The Morgan fingerprint density at radius 3 is 1.31 bits per heavy atom. The van der Waals surface area contributed by atoms with Crippen LogP contribution in [-0.4, -0.2) is 98.3 Å². The van der Waals surface area contributed by atoms with E-state index in [0.29, 0.717) is 19.3 Å². The van der Waals surface area contributed by atoms with Gasteiger partial charge < -0.3 is 39.9 Å². The first kappa shape index (κ1) is 60.3. The standard InChI is InChI=1S/C50H93O13P/c1-3-5-7-9-11-13-15-17-19-21-23-25-27-29-31-33-35-37-39-44(52)62-42(41-61-64(58,59)63-50-48(56)46(54)45(53)47(55)49(50)57)40-60-43(51)38-36-34-32-30-28-26-24-22-20-18-16-14-12-10-8-6-4-2/h24,26,30,32,42,45-50,53-57H,3-23,25,27-29,31,33-41H2,1-2H3,(H,58,59)/b26-24+,32-30+/t42-,45?,46+,47?,48?,49?,50?/m1/s1. The highest BCUT2D eigenvalue weighted by atomic mass is 31.2. The molecule has 6 unspecified atom stereocenters. The van der Waals surface area contributed by atoms with Gasteiger partial charge in [0, 0.05) is 12.8 Å². The molecule has 64 heavy (non-hydrogen) atoms. The Balaban J connectivity index is 2.42. The number of hydrogen-bond acceptors (Lipinski definition) is 12. The SMILES string of the molecule is CCCCCCCCCCC/C=C/C/C=C/CCCC(=O)OC[C@H](COP(=O)(O)OC1C(O)C(O)C(O)[C@H](O)C1O)OC(=O)CCCCCCCCCCCCCCCCCCCC. The van der Waals surface area contributed by atoms with Crippen molar-refractivity contribution in [1.82, 2.24) is 0 Å². The normalized spacial score (nSPS) is 21.7. The molecule has 0 aromatic carbocycles. The topological polar surface area (TPSA) is 210 Å². The van der Waals surface area contributed by atoms with E-state index in [4.69, 9.17) is 18.5 Å². The number of hydrogen-bond donors (Lipinski definition) is 6. The molecule has 13 nitrogen and oxygen atoms in total. The molecule has 0 aliphatic heterocycles. The summed E-state index contributed by atoms with van der Waals surface area (Å²) < 4.78 is 33.6. The maximum Gasteiger partial charge on any atom is 0.472 e. The van der Waals surface area contributed by atoms with Crippen LogP contribution in [0, 0.1) is 0 Å². The van der Waals surface area contributed by atoms with Crippen molar-refractivity contribution in [3.63, 3.8) is 0 Å². The number of allylic oxidation sites excluding steroid dienone is 4. The molecule has 0 spiro atoms. The average Bonchev–Trinajstić information content (AvgIpc) is 3.28. The fraction of sp³-hybridized carbons (Fsp3) is 0.880. The third-order valence-electron chi connectivity index (χ3n) is 12.0. The van der Waals surface area contributed by atoms with Gasteiger partial charge in [0.2, 0.25) is 0 Å². The largest absolute Gasteiger partial charge is 0.472 e. The zero-order chi connectivity index (χ0) is 47.1. The van der Waals surface area contributed by atoms with Crippen LogP contribution in [0.15, 0.2) is 24.3 Å². The minimum atomic E-state index is -5.13. The molecular weight excluding hydrogens is 840 g/mol. The van der Waals surface area contributed by atoms with E-state index in [1.54, 1.807) is 0 Å². The number of esters is 2. The highest BCUT2D eigenvalue weighted by molar-refractivity contribution is 7.47. The molecule has 0 aromatic heterocycles. The molecule has 376 valence electrons. The summed E-state index contributed by atoms with van der Waals surface area (Å²) in [4.78, 5) is 35.8. The number of rotatable bonds is 43. The van der Waals surface area contributed by atoms with Crippen molar-refractivity contribution >= 4 is 19.8 Å². The van der Waals surface area contributed by atoms with Crippen LogP contribution in [0.2, 0.25) is 0 Å². The lowest BCUT2D eigenvalue weighted by Gasteiger charge is -2.41. The number of aliphatic hydroxyl groups excluding tert-OH is 5. The molecule has 0 amide bonds. The predicted molar refractivity (Wildman–Crippen MR) is 254 cm³/mol. The number of phosphoric acid groups is 1. The quantitative estimate of drug-likeness (QED) is 0.0146. The van der Waals surface area contributed by atoms with Crippen molar-refractivity contribution in [2.45, 2.75) is 268 Å². The lowest BCUT2D eigenvalue weighted by atomic mass is 9.85. The lowest BCUT2D eigenvalue weighted by molar-refractivity contribution is -0.220. The van der Waals surface area contributed by atoms with Crippen molar-refractivity contribution in [3.05, 3.63) is 24.3 Å². The number of phosphoric ester groups is 1. The number of carbonyl (C=O) groups excluding carboxylic acids is 2. The van der Waals surface area contributed by atoms with E-state index in [-0.39, 0.29) is 12.8 Å². The number of aliphatic hydroxyl groups is 5. The molecule has 0 radical (unpaired) electrons. The van der Waals surface area contributed by atoms with E-state index in [1.807, 2.05) is 6.08 Å². The summed E-state index contributed by atoms with van der Waals surface area (Å²) >= 11 is 0. The average molecular weight is 933 g/mol. The van der Waals surface area contributed by atoms with Crippen molar-refractivity contribution in [1.29, 1.82) is 0 Å². The van der Waals surface area contributed by atoms with Crippen LogP contribution in [0.25, 0.3) is 0 Å². The highest BCUT2D eigenvalue weighted by Crippen LogP contribution is 2.47. The molecule has 0 aromatic rings. The van der Waals surface area contributed by atoms with Crippen LogP contribution in [0.5, 0.6) is 0 Å². The zero-order valence-electron chi connectivity index (χ0n) is 40.1. The Morgan fingerprint density at radius 1 is 0.484 bits per heavy atom. The van der Waals surface area contributed by atoms with Crippen molar-refractivity contribution in [2.75, 3.05) is 13.2 Å². The molecule has 1 rings (SSSR count). The second-order valence-corrected chi connectivity index (χ2v) is 19.4. The van der Waals surface area contributed by atoms with Gasteiger partial charge in [0.1, 0.15) is 43.2 Å². The number of carbonyl (C=O) groups is 2. The van der Waals surface area contributed by atoms with Crippen LogP contribution >= 0.6 is 7.82 Å². The summed E-state index contributed by atoms with van der Waals surface area (Å²) in [5.74, 6) is -1.14. The van der Waals surface area contributed by atoms with E-state index in [2.05, 4.69) is 32.1 Å². The fourth-order valence-corrected chi connectivity index (χ4v) is 8.89. The van der Waals surface area contributed by atoms with Crippen LogP contribution in [0.1, 0.15) is 226 Å². The highest BCUT2D eigenvalue weighted by Gasteiger charge is 2.51. The summed E-state index contributed by atoms with van der Waals surface area (Å²) in [6.07, 6.45) is 32.4. The van der Waals surface area contributed by atoms with Gasteiger partial charge >= 0.3 is 19.8 Å². The second-order valence-electron chi connectivity index (χ2n) is 18.0. The first-order valence-electron chi connectivity index (χ1n) is 25.6. The van der Waals surface area contributed by atoms with Gasteiger partial charge in [-0.15, -0.1) is 0 Å². The second kappa shape index (κ2) is 40.4. The van der Waals surface area contributed by atoms with Gasteiger partial charge in [-0.25, -0.2) is 4.57 Å². The number of ether oxygens (including phenoxy) is 2. The molecular formula is C50H93O13P. The van der Waals surface area contributed by atoms with E-state index < -0.39 is 75.7 Å². The monoisotopic (exact) mass is 933 g/mol. The van der Waals surface area contributed by atoms with Crippen molar-refractivity contribution in [2.24, 2.45) is 0 Å². The maximum absolute atomic E-state index is 12.8. The summed E-state index contributed by atoms with van der Waals surface area (Å²) in [5, 5.41) is 50.2. The van der Waals surface area contributed by atoms with Gasteiger partial charge in [0.15, 0.2) is 6.10 Å². The van der Waals surface area contributed by atoms with E-state index >= 15 is 0 Å². The number of unbranched alkanes of at least 4 members (excludes halogenated alkanes) is 27. The summed E-state index contributed by atoms with van der Waals surface area (Å²) in [5.41, 5.74) is 0. The molecule has 8 atom stereocenters. The molecule has 0 heterocycles. The lowest BCUT2D eigenvalue weighted by Crippen LogP contribution is -2.64. The zero-order valence-corrected chi connectivity index (χ0v) is 41.0. The van der Waals surface area contributed by atoms with Gasteiger partial charge in [0.05, 0.1) is 6.61 Å². The minimum absolute atomic E-state index is 0.0931. The van der Waals surface area contributed by atoms with E-state index in [1.165, 1.54) is 141 Å². The van der Waals surface area contributed by atoms with Crippen LogP contribution in [-0.2, 0) is 32.7 Å². The molecule has 1 aliphatic carbocycles. The summed E-state index contributed by atoms with van der Waals surface area (Å²) in [7, 11) is -5.13.